The van der Waals surface area contributed by atoms with Crippen LogP contribution in [0, 0.1) is 5.41 Å². The molecular formula is C28H35BrO4S. The van der Waals surface area contributed by atoms with Crippen molar-refractivity contribution in [1.82, 2.24) is 0 Å². The summed E-state index contributed by atoms with van der Waals surface area (Å²) in [7, 11) is 1.48. The number of rotatable bonds is 12. The summed E-state index contributed by atoms with van der Waals surface area (Å²) in [6.07, 6.45) is 8.00. The van der Waals surface area contributed by atoms with E-state index in [0.717, 1.165) is 55.4 Å². The molecule has 0 spiro atoms. The zero-order chi connectivity index (χ0) is 23.8. The second kappa shape index (κ2) is 12.6. The topological polar surface area (TPSA) is 44.8 Å². The van der Waals surface area contributed by atoms with Crippen LogP contribution in [0.1, 0.15) is 66.9 Å². The number of thioether (sulfide) groups is 1. The third kappa shape index (κ3) is 7.58. The number of halogens is 1. The average molecular weight is 548 g/mol. The van der Waals surface area contributed by atoms with Gasteiger partial charge in [-0.25, -0.2) is 0 Å². The first-order chi connectivity index (χ1) is 16.6. The molecule has 0 aromatic heterocycles. The second-order valence-corrected chi connectivity index (χ2v) is 11.6. The van der Waals surface area contributed by atoms with Gasteiger partial charge in [0, 0.05) is 22.1 Å². The molecule has 6 heteroatoms. The van der Waals surface area contributed by atoms with Crippen molar-refractivity contribution in [2.45, 2.75) is 69.5 Å². The van der Waals surface area contributed by atoms with Gasteiger partial charge in [0.1, 0.15) is 0 Å². The highest BCUT2D eigenvalue weighted by Crippen LogP contribution is 2.53. The van der Waals surface area contributed by atoms with Crippen molar-refractivity contribution in [2.24, 2.45) is 5.41 Å². The molecule has 1 saturated carbocycles. The van der Waals surface area contributed by atoms with E-state index in [9.17, 15) is 4.79 Å². The molecule has 2 aliphatic rings. The molecule has 0 amide bonds. The van der Waals surface area contributed by atoms with Crippen LogP contribution in [0.3, 0.4) is 0 Å². The molecule has 4 rings (SSSR count). The van der Waals surface area contributed by atoms with E-state index in [1.165, 1.54) is 30.2 Å². The summed E-state index contributed by atoms with van der Waals surface area (Å²) in [4.78, 5) is 11.9. The summed E-state index contributed by atoms with van der Waals surface area (Å²) < 4.78 is 17.9. The molecular weight excluding hydrogens is 512 g/mol. The van der Waals surface area contributed by atoms with E-state index in [1.807, 2.05) is 11.8 Å². The van der Waals surface area contributed by atoms with Gasteiger partial charge in [-0.3, -0.25) is 4.79 Å². The largest absolute Gasteiger partial charge is 0.469 e. The minimum absolute atomic E-state index is 0.0777. The van der Waals surface area contributed by atoms with Crippen molar-refractivity contribution in [3.05, 3.63) is 69.7 Å². The maximum atomic E-state index is 11.9. The molecule has 2 aromatic carbocycles. The third-order valence-corrected chi connectivity index (χ3v) is 9.29. The zero-order valence-corrected chi connectivity index (χ0v) is 22.4. The number of hydrogen-bond acceptors (Lipinski definition) is 5. The van der Waals surface area contributed by atoms with Crippen molar-refractivity contribution < 1.29 is 19.0 Å². The average Bonchev–Trinajstić information content (AvgIpc) is 3.63. The van der Waals surface area contributed by atoms with Gasteiger partial charge in [0.25, 0.3) is 0 Å². The maximum absolute atomic E-state index is 11.9. The van der Waals surface area contributed by atoms with Gasteiger partial charge in [-0.1, -0.05) is 58.4 Å². The van der Waals surface area contributed by atoms with Crippen molar-refractivity contribution in [3.63, 3.8) is 0 Å². The van der Waals surface area contributed by atoms with Gasteiger partial charge < -0.3 is 14.2 Å². The Hall–Kier alpha value is -1.34. The summed E-state index contributed by atoms with van der Waals surface area (Å²) >= 11 is 5.69. The van der Waals surface area contributed by atoms with Crippen LogP contribution < -0.4 is 0 Å². The summed E-state index contributed by atoms with van der Waals surface area (Å²) in [6, 6.07) is 17.3. The first kappa shape index (κ1) is 25.7. The highest BCUT2D eigenvalue weighted by atomic mass is 79.9. The minimum Gasteiger partial charge on any atom is -0.469 e. The number of ether oxygens (including phenoxy) is 3. The Labute approximate surface area is 216 Å². The summed E-state index contributed by atoms with van der Waals surface area (Å²) in [6.45, 7) is 1.37. The Bertz CT molecular complexity index is 940. The van der Waals surface area contributed by atoms with Gasteiger partial charge in [0.05, 0.1) is 20.1 Å². The molecule has 1 unspecified atom stereocenters. The summed E-state index contributed by atoms with van der Waals surface area (Å²) in [5, 5.41) is 0.355. The monoisotopic (exact) mass is 546 g/mol. The zero-order valence-electron chi connectivity index (χ0n) is 20.0. The first-order valence-electron chi connectivity index (χ1n) is 12.3. The predicted molar refractivity (Wildman–Crippen MR) is 141 cm³/mol. The number of carbonyl (C=O) groups excluding carboxylic acids is 1. The first-order valence-corrected chi connectivity index (χ1v) is 14.1. The molecule has 2 atom stereocenters. The number of benzene rings is 2. The molecule has 1 heterocycles. The maximum Gasteiger partial charge on any atom is 0.306 e. The van der Waals surface area contributed by atoms with Gasteiger partial charge in [0.15, 0.2) is 6.29 Å². The minimum atomic E-state index is -0.0908. The summed E-state index contributed by atoms with van der Waals surface area (Å²) in [5.74, 6) is 0.895. The molecule has 4 nitrogen and oxygen atoms in total. The van der Waals surface area contributed by atoms with Gasteiger partial charge in [0.2, 0.25) is 0 Å². The molecule has 0 N–H and O–H groups in total. The Kier molecular flexibility index (Phi) is 9.52. The fraction of sp³-hybridized carbons (Fsp3) is 0.536. The van der Waals surface area contributed by atoms with E-state index in [-0.39, 0.29) is 17.7 Å². The fourth-order valence-corrected chi connectivity index (χ4v) is 6.51. The van der Waals surface area contributed by atoms with Crippen molar-refractivity contribution in [2.75, 3.05) is 19.5 Å². The predicted octanol–water partition coefficient (Wildman–Crippen LogP) is 7.24. The lowest BCUT2D eigenvalue weighted by molar-refractivity contribution is -0.168. The molecule has 2 aromatic rings. The normalized spacial score (nSPS) is 20.0. The molecule has 0 bridgehead atoms. The Morgan fingerprint density at radius 2 is 2.06 bits per heavy atom. The Morgan fingerprint density at radius 3 is 2.79 bits per heavy atom. The van der Waals surface area contributed by atoms with Crippen LogP contribution in [-0.4, -0.2) is 31.7 Å². The Balaban J connectivity index is 1.43. The third-order valence-electron chi connectivity index (χ3n) is 6.83. The standard InChI is InChI=1S/C28H35BrO4S/c1-31-26(30)18-28(14-15-28)20-34-25(13-12-22-8-2-3-10-24(22)29)23-9-6-7-21(17-23)19-33-27-11-4-5-16-32-27/h2-3,6-10,17,25,27H,4-5,11-16,18-20H2,1H3/t25-,27?/m1/s1. The van der Waals surface area contributed by atoms with Crippen molar-refractivity contribution in [3.8, 4) is 0 Å². The quantitative estimate of drug-likeness (QED) is 0.262. The SMILES string of the molecule is COC(=O)CC1(CS[C@H](CCc2ccccc2Br)c2cccc(COC3CCCCO3)c2)CC1. The van der Waals surface area contributed by atoms with Crippen LogP contribution in [0.2, 0.25) is 0 Å². The number of carbonyl (C=O) groups is 1. The van der Waals surface area contributed by atoms with E-state index in [1.54, 1.807) is 0 Å². The van der Waals surface area contributed by atoms with E-state index < -0.39 is 0 Å². The van der Waals surface area contributed by atoms with Gasteiger partial charge >= 0.3 is 5.97 Å². The van der Waals surface area contributed by atoms with Crippen molar-refractivity contribution >= 4 is 33.7 Å². The number of esters is 1. The number of aryl methyl sites for hydroxylation is 1. The van der Waals surface area contributed by atoms with Gasteiger partial charge in [-0.15, -0.1) is 0 Å². The van der Waals surface area contributed by atoms with Gasteiger partial charge in [-0.2, -0.15) is 11.8 Å². The molecule has 1 saturated heterocycles. The van der Waals surface area contributed by atoms with Crippen LogP contribution in [0.5, 0.6) is 0 Å². The molecule has 0 radical (unpaired) electrons. The van der Waals surface area contributed by atoms with Crippen LogP contribution >= 0.6 is 27.7 Å². The molecule has 184 valence electrons. The van der Waals surface area contributed by atoms with Gasteiger partial charge in [-0.05, 0) is 73.1 Å². The summed E-state index contributed by atoms with van der Waals surface area (Å²) in [5.41, 5.74) is 3.96. The molecule has 1 aliphatic heterocycles. The smallest absolute Gasteiger partial charge is 0.306 e. The molecule has 1 aliphatic carbocycles. The van der Waals surface area contributed by atoms with Crippen LogP contribution in [-0.2, 0) is 32.0 Å². The van der Waals surface area contributed by atoms with Crippen molar-refractivity contribution in [1.29, 1.82) is 0 Å². The lowest BCUT2D eigenvalue weighted by Crippen LogP contribution is -2.22. The lowest BCUT2D eigenvalue weighted by Gasteiger charge is -2.24. The highest BCUT2D eigenvalue weighted by molar-refractivity contribution is 9.10. The number of hydrogen-bond donors (Lipinski definition) is 0. The van der Waals surface area contributed by atoms with Crippen LogP contribution in [0.4, 0.5) is 0 Å². The van der Waals surface area contributed by atoms with E-state index in [2.05, 4.69) is 64.5 Å². The highest BCUT2D eigenvalue weighted by Gasteiger charge is 2.45. The fourth-order valence-electron chi connectivity index (χ4n) is 4.45. The lowest BCUT2D eigenvalue weighted by atomic mass is 10.0. The van der Waals surface area contributed by atoms with E-state index >= 15 is 0 Å². The Morgan fingerprint density at radius 1 is 1.21 bits per heavy atom. The van der Waals surface area contributed by atoms with E-state index in [0.29, 0.717) is 18.3 Å². The van der Waals surface area contributed by atoms with Crippen LogP contribution in [0.15, 0.2) is 53.0 Å². The molecule has 34 heavy (non-hydrogen) atoms. The van der Waals surface area contributed by atoms with E-state index in [4.69, 9.17) is 14.2 Å². The second-order valence-electron chi connectivity index (χ2n) is 9.53. The van der Waals surface area contributed by atoms with Crippen LogP contribution in [0.25, 0.3) is 0 Å². The molecule has 2 fully saturated rings. The number of methoxy groups -OCH3 is 1.